The van der Waals surface area contributed by atoms with Gasteiger partial charge >= 0.3 is 0 Å². The molecule has 0 N–H and O–H groups in total. The molecule has 1 aromatic rings. The molecule has 0 spiro atoms. The molecular formula is C11H8N2O5. The van der Waals surface area contributed by atoms with Gasteiger partial charge in [0.2, 0.25) is 0 Å². The third-order valence-corrected chi connectivity index (χ3v) is 2.64. The zero-order chi connectivity index (χ0) is 13.3. The van der Waals surface area contributed by atoms with E-state index in [1.165, 1.54) is 12.1 Å². The Morgan fingerprint density at radius 1 is 1.22 bits per heavy atom. The molecule has 1 aromatic carbocycles. The summed E-state index contributed by atoms with van der Waals surface area (Å²) in [6.07, 6.45) is 0.652. The van der Waals surface area contributed by atoms with Gasteiger partial charge in [0.05, 0.1) is 16.1 Å². The number of aldehydes is 1. The zero-order valence-electron chi connectivity index (χ0n) is 9.16. The molecule has 2 amide bonds. The summed E-state index contributed by atoms with van der Waals surface area (Å²) in [7, 11) is 0. The first-order chi connectivity index (χ1) is 8.56. The van der Waals surface area contributed by atoms with Crippen LogP contribution in [-0.4, -0.2) is 34.5 Å². The van der Waals surface area contributed by atoms with Gasteiger partial charge < -0.3 is 4.79 Å². The Kier molecular flexibility index (Phi) is 2.88. The molecule has 0 saturated heterocycles. The fraction of sp³-hybridized carbons (Fsp3) is 0.182. The van der Waals surface area contributed by atoms with Crippen LogP contribution in [0.15, 0.2) is 18.2 Å². The lowest BCUT2D eigenvalue weighted by molar-refractivity contribution is -0.384. The second-order valence-electron chi connectivity index (χ2n) is 3.70. The number of benzene rings is 1. The normalized spacial score (nSPS) is 13.7. The molecule has 92 valence electrons. The maximum atomic E-state index is 11.9. The van der Waals surface area contributed by atoms with Crippen LogP contribution in [-0.2, 0) is 4.79 Å². The van der Waals surface area contributed by atoms with E-state index in [1.807, 2.05) is 0 Å². The minimum Gasteiger partial charge on any atom is -0.303 e. The number of fused-ring (bicyclic) bond motifs is 1. The molecule has 0 atom stereocenters. The van der Waals surface area contributed by atoms with Crippen LogP contribution >= 0.6 is 0 Å². The van der Waals surface area contributed by atoms with Crippen LogP contribution in [0.3, 0.4) is 0 Å². The quantitative estimate of drug-likeness (QED) is 0.339. The van der Waals surface area contributed by atoms with Gasteiger partial charge in [0.15, 0.2) is 0 Å². The van der Waals surface area contributed by atoms with E-state index in [-0.39, 0.29) is 29.8 Å². The summed E-state index contributed by atoms with van der Waals surface area (Å²) in [5.74, 6) is -1.12. The van der Waals surface area contributed by atoms with Crippen molar-refractivity contribution in [1.29, 1.82) is 0 Å². The Bertz CT molecular complexity index is 567. The van der Waals surface area contributed by atoms with Crippen molar-refractivity contribution >= 4 is 23.8 Å². The van der Waals surface area contributed by atoms with Crippen molar-refractivity contribution in [3.05, 3.63) is 39.4 Å². The van der Waals surface area contributed by atoms with Crippen LogP contribution in [0.5, 0.6) is 0 Å². The van der Waals surface area contributed by atoms with E-state index in [9.17, 15) is 24.5 Å². The topological polar surface area (TPSA) is 97.6 Å². The van der Waals surface area contributed by atoms with E-state index < -0.39 is 16.7 Å². The van der Waals surface area contributed by atoms with Crippen molar-refractivity contribution < 1.29 is 19.3 Å². The standard InChI is InChI=1S/C11H8N2O5/c14-5-1-4-12-10(15)8-3-2-7(13(17)18)6-9(8)11(12)16/h2-3,5-6H,1,4H2. The number of non-ortho nitro benzene ring substituents is 1. The highest BCUT2D eigenvalue weighted by molar-refractivity contribution is 6.21. The van der Waals surface area contributed by atoms with Crippen LogP contribution in [0, 0.1) is 10.1 Å². The van der Waals surface area contributed by atoms with Gasteiger partial charge in [-0.1, -0.05) is 0 Å². The fourth-order valence-electron chi connectivity index (χ4n) is 1.78. The Hall–Kier alpha value is -2.57. The highest BCUT2D eigenvalue weighted by atomic mass is 16.6. The third kappa shape index (κ3) is 1.75. The van der Waals surface area contributed by atoms with Crippen LogP contribution < -0.4 is 0 Å². The molecule has 0 saturated carbocycles. The van der Waals surface area contributed by atoms with Crippen molar-refractivity contribution in [2.24, 2.45) is 0 Å². The van der Waals surface area contributed by atoms with E-state index in [2.05, 4.69) is 0 Å². The molecule has 7 nitrogen and oxygen atoms in total. The van der Waals surface area contributed by atoms with Crippen molar-refractivity contribution in [1.82, 2.24) is 4.90 Å². The molecular weight excluding hydrogens is 240 g/mol. The summed E-state index contributed by atoms with van der Waals surface area (Å²) in [5.41, 5.74) is -0.0938. The Labute approximate surface area is 101 Å². The van der Waals surface area contributed by atoms with E-state index >= 15 is 0 Å². The molecule has 0 radical (unpaired) electrons. The maximum Gasteiger partial charge on any atom is 0.270 e. The van der Waals surface area contributed by atoms with E-state index in [0.29, 0.717) is 6.29 Å². The Balaban J connectivity index is 2.39. The second kappa shape index (κ2) is 4.36. The molecule has 0 aromatic heterocycles. The number of carbonyl (C=O) groups excluding carboxylic acids is 3. The predicted molar refractivity (Wildman–Crippen MR) is 59.1 cm³/mol. The third-order valence-electron chi connectivity index (χ3n) is 2.64. The molecule has 1 aliphatic rings. The molecule has 18 heavy (non-hydrogen) atoms. The molecule has 1 heterocycles. The van der Waals surface area contributed by atoms with Gasteiger partial charge in [0.1, 0.15) is 6.29 Å². The van der Waals surface area contributed by atoms with Crippen LogP contribution in [0.1, 0.15) is 27.1 Å². The SMILES string of the molecule is O=CCCN1C(=O)c2ccc([N+](=O)[O-])cc2C1=O. The number of carbonyl (C=O) groups is 3. The molecule has 0 bridgehead atoms. The number of nitrogens with zero attached hydrogens (tertiary/aromatic N) is 2. The number of imide groups is 1. The summed E-state index contributed by atoms with van der Waals surface area (Å²) >= 11 is 0. The largest absolute Gasteiger partial charge is 0.303 e. The smallest absolute Gasteiger partial charge is 0.270 e. The molecule has 0 aliphatic carbocycles. The van der Waals surface area contributed by atoms with Crippen molar-refractivity contribution in [2.45, 2.75) is 6.42 Å². The minimum absolute atomic E-state index is 0.0103. The van der Waals surface area contributed by atoms with Crippen LogP contribution in [0.4, 0.5) is 5.69 Å². The van der Waals surface area contributed by atoms with Crippen molar-refractivity contribution in [2.75, 3.05) is 6.54 Å². The number of hydrogen-bond donors (Lipinski definition) is 0. The molecule has 7 heteroatoms. The lowest BCUT2D eigenvalue weighted by Crippen LogP contribution is -2.30. The average molecular weight is 248 g/mol. The first kappa shape index (κ1) is 11.9. The molecule has 2 rings (SSSR count). The Morgan fingerprint density at radius 2 is 1.89 bits per heavy atom. The van der Waals surface area contributed by atoms with Crippen LogP contribution in [0.25, 0.3) is 0 Å². The number of hydrogen-bond acceptors (Lipinski definition) is 5. The fourth-order valence-corrected chi connectivity index (χ4v) is 1.78. The van der Waals surface area contributed by atoms with Crippen LogP contribution in [0.2, 0.25) is 0 Å². The highest BCUT2D eigenvalue weighted by Gasteiger charge is 2.36. The maximum absolute atomic E-state index is 11.9. The first-order valence-corrected chi connectivity index (χ1v) is 5.14. The van der Waals surface area contributed by atoms with E-state index in [4.69, 9.17) is 0 Å². The lowest BCUT2D eigenvalue weighted by atomic mass is 10.1. The van der Waals surface area contributed by atoms with Gasteiger partial charge in [-0.2, -0.15) is 0 Å². The number of nitro benzene ring substituents is 1. The molecule has 0 unspecified atom stereocenters. The summed E-state index contributed by atoms with van der Waals surface area (Å²) in [5, 5.41) is 10.6. The lowest BCUT2D eigenvalue weighted by Gasteiger charge is -2.10. The van der Waals surface area contributed by atoms with Gasteiger partial charge in [0, 0.05) is 25.1 Å². The van der Waals surface area contributed by atoms with Gasteiger partial charge in [-0.3, -0.25) is 24.6 Å². The number of nitro groups is 1. The number of rotatable bonds is 4. The number of amides is 2. The van der Waals surface area contributed by atoms with Gasteiger partial charge in [0.25, 0.3) is 17.5 Å². The highest BCUT2D eigenvalue weighted by Crippen LogP contribution is 2.26. The van der Waals surface area contributed by atoms with Gasteiger partial charge in [-0.25, -0.2) is 0 Å². The van der Waals surface area contributed by atoms with Crippen molar-refractivity contribution in [3.63, 3.8) is 0 Å². The summed E-state index contributed by atoms with van der Waals surface area (Å²) in [4.78, 5) is 44.8. The second-order valence-corrected chi connectivity index (χ2v) is 3.70. The van der Waals surface area contributed by atoms with Gasteiger partial charge in [-0.05, 0) is 6.07 Å². The van der Waals surface area contributed by atoms with Crippen molar-refractivity contribution in [3.8, 4) is 0 Å². The van der Waals surface area contributed by atoms with E-state index in [0.717, 1.165) is 11.0 Å². The minimum atomic E-state index is -0.633. The summed E-state index contributed by atoms with van der Waals surface area (Å²) < 4.78 is 0. The Morgan fingerprint density at radius 3 is 2.50 bits per heavy atom. The molecule has 0 fully saturated rings. The first-order valence-electron chi connectivity index (χ1n) is 5.14. The zero-order valence-corrected chi connectivity index (χ0v) is 9.16. The van der Waals surface area contributed by atoms with Gasteiger partial charge in [-0.15, -0.1) is 0 Å². The monoisotopic (exact) mass is 248 g/mol. The summed E-state index contributed by atoms with van der Waals surface area (Å²) in [6, 6.07) is 3.51. The summed E-state index contributed by atoms with van der Waals surface area (Å²) in [6.45, 7) is -0.0103. The predicted octanol–water partition coefficient (Wildman–Crippen LogP) is 0.780. The average Bonchev–Trinajstić information content (AvgIpc) is 2.59. The van der Waals surface area contributed by atoms with E-state index in [1.54, 1.807) is 0 Å². The molecule has 1 aliphatic heterocycles.